The van der Waals surface area contributed by atoms with Crippen molar-refractivity contribution in [3.8, 4) is 0 Å². The van der Waals surface area contributed by atoms with Crippen LogP contribution in [0.3, 0.4) is 0 Å². The van der Waals surface area contributed by atoms with Gasteiger partial charge in [-0.05, 0) is 24.8 Å². The Hall–Kier alpha value is -0.0500. The molecule has 0 saturated carbocycles. The van der Waals surface area contributed by atoms with Gasteiger partial charge in [0.05, 0.1) is 6.10 Å². The molecule has 76 valence electrons. The average molecular weight is 204 g/mol. The van der Waals surface area contributed by atoms with E-state index in [4.69, 9.17) is 11.6 Å². The fourth-order valence-electron chi connectivity index (χ4n) is 1.75. The second kappa shape index (κ2) is 4.99. The van der Waals surface area contributed by atoms with E-state index in [0.29, 0.717) is 5.92 Å². The van der Waals surface area contributed by atoms with E-state index in [2.05, 4.69) is 11.8 Å². The van der Waals surface area contributed by atoms with Crippen LogP contribution in [-0.2, 0) is 0 Å². The topological polar surface area (TPSA) is 23.5 Å². The second-order valence-corrected chi connectivity index (χ2v) is 4.24. The molecule has 1 aliphatic heterocycles. The lowest BCUT2D eigenvalue weighted by Crippen LogP contribution is -2.42. The first kappa shape index (κ1) is 11.0. The first-order valence-corrected chi connectivity index (χ1v) is 5.23. The molecule has 2 atom stereocenters. The van der Waals surface area contributed by atoms with Gasteiger partial charge in [0.25, 0.3) is 0 Å². The van der Waals surface area contributed by atoms with Gasteiger partial charge >= 0.3 is 0 Å². The van der Waals surface area contributed by atoms with Crippen LogP contribution in [-0.4, -0.2) is 35.7 Å². The first-order chi connectivity index (χ1) is 6.13. The van der Waals surface area contributed by atoms with Gasteiger partial charge in [0.2, 0.25) is 0 Å². The van der Waals surface area contributed by atoms with E-state index in [0.717, 1.165) is 26.1 Å². The summed E-state index contributed by atoms with van der Waals surface area (Å²) in [6.07, 6.45) is 0.771. The van der Waals surface area contributed by atoms with E-state index in [1.807, 2.05) is 6.92 Å². The van der Waals surface area contributed by atoms with E-state index in [-0.39, 0.29) is 6.10 Å². The van der Waals surface area contributed by atoms with Crippen LogP contribution in [0.25, 0.3) is 0 Å². The van der Waals surface area contributed by atoms with Crippen LogP contribution in [0.4, 0.5) is 0 Å². The minimum atomic E-state index is -0.114. The Balaban J connectivity index is 2.37. The highest BCUT2D eigenvalue weighted by molar-refractivity contribution is 6.25. The summed E-state index contributed by atoms with van der Waals surface area (Å²) in [5.41, 5.74) is 2.82. The van der Waals surface area contributed by atoms with Gasteiger partial charge in [0.15, 0.2) is 0 Å². The number of aliphatic hydroxyl groups excluding tert-OH is 1. The third kappa shape index (κ3) is 3.29. The minimum absolute atomic E-state index is 0.114. The molecule has 1 rings (SSSR count). The van der Waals surface area contributed by atoms with Gasteiger partial charge in [0.1, 0.15) is 0 Å². The number of halogens is 1. The van der Waals surface area contributed by atoms with Crippen molar-refractivity contribution in [1.29, 1.82) is 0 Å². The predicted molar refractivity (Wildman–Crippen MR) is 55.8 cm³/mol. The molecule has 1 heterocycles. The highest BCUT2D eigenvalue weighted by Gasteiger charge is 2.23. The van der Waals surface area contributed by atoms with Crippen molar-refractivity contribution in [3.05, 3.63) is 11.1 Å². The van der Waals surface area contributed by atoms with Crippen LogP contribution in [0.2, 0.25) is 0 Å². The van der Waals surface area contributed by atoms with Crippen LogP contribution in [0, 0.1) is 5.92 Å². The quantitative estimate of drug-likeness (QED) is 0.741. The standard InChI is InChI=1S/C10H18ClNO/c1-8(5-11)6-12-4-3-10(13)9(2)7-12/h5,9-10,13H,3-4,6-7H2,1-2H3. The van der Waals surface area contributed by atoms with E-state index in [1.165, 1.54) is 5.57 Å². The van der Waals surface area contributed by atoms with Gasteiger partial charge in [-0.15, -0.1) is 0 Å². The maximum absolute atomic E-state index is 9.52. The zero-order chi connectivity index (χ0) is 9.84. The molecule has 0 aromatic rings. The molecule has 0 amide bonds. The molecule has 2 nitrogen and oxygen atoms in total. The summed E-state index contributed by atoms with van der Waals surface area (Å²) < 4.78 is 0. The van der Waals surface area contributed by atoms with Crippen molar-refractivity contribution in [2.45, 2.75) is 26.4 Å². The summed E-state index contributed by atoms with van der Waals surface area (Å²) in [4.78, 5) is 2.34. The lowest BCUT2D eigenvalue weighted by Gasteiger charge is -2.34. The van der Waals surface area contributed by atoms with Gasteiger partial charge < -0.3 is 5.11 Å². The van der Waals surface area contributed by atoms with E-state index in [1.54, 1.807) is 5.54 Å². The number of hydrogen-bond donors (Lipinski definition) is 1. The van der Waals surface area contributed by atoms with Crippen molar-refractivity contribution in [3.63, 3.8) is 0 Å². The Kier molecular flexibility index (Phi) is 4.23. The van der Waals surface area contributed by atoms with Crippen molar-refractivity contribution >= 4 is 11.6 Å². The lowest BCUT2D eigenvalue weighted by molar-refractivity contribution is 0.0387. The minimum Gasteiger partial charge on any atom is -0.393 e. The maximum Gasteiger partial charge on any atom is 0.0590 e. The van der Waals surface area contributed by atoms with E-state index < -0.39 is 0 Å². The maximum atomic E-state index is 9.52. The summed E-state index contributed by atoms with van der Waals surface area (Å²) in [6.45, 7) is 7.01. The summed E-state index contributed by atoms with van der Waals surface area (Å²) in [5.74, 6) is 0.386. The summed E-state index contributed by atoms with van der Waals surface area (Å²) >= 11 is 5.60. The highest BCUT2D eigenvalue weighted by atomic mass is 35.5. The summed E-state index contributed by atoms with van der Waals surface area (Å²) in [6, 6.07) is 0. The number of rotatable bonds is 2. The number of likely N-dealkylation sites (tertiary alicyclic amines) is 1. The van der Waals surface area contributed by atoms with Crippen molar-refractivity contribution in [2.24, 2.45) is 5.92 Å². The summed E-state index contributed by atoms with van der Waals surface area (Å²) in [5, 5.41) is 9.52. The van der Waals surface area contributed by atoms with Crippen LogP contribution >= 0.6 is 11.6 Å². The molecular weight excluding hydrogens is 186 g/mol. The van der Waals surface area contributed by atoms with Gasteiger partial charge in [-0.2, -0.15) is 0 Å². The number of nitrogens with zero attached hydrogens (tertiary/aromatic N) is 1. The smallest absolute Gasteiger partial charge is 0.0590 e. The van der Waals surface area contributed by atoms with E-state index in [9.17, 15) is 5.11 Å². The molecule has 0 aromatic heterocycles. The average Bonchev–Trinajstić information content (AvgIpc) is 2.11. The van der Waals surface area contributed by atoms with E-state index >= 15 is 0 Å². The fraction of sp³-hybridized carbons (Fsp3) is 0.800. The van der Waals surface area contributed by atoms with Gasteiger partial charge in [0, 0.05) is 25.2 Å². The Morgan fingerprint density at radius 3 is 2.92 bits per heavy atom. The van der Waals surface area contributed by atoms with Gasteiger partial charge in [-0.25, -0.2) is 0 Å². The molecule has 0 aromatic carbocycles. The molecule has 2 unspecified atom stereocenters. The molecular formula is C10H18ClNO. The SMILES string of the molecule is CC(=CCl)CN1CCC(O)C(C)C1. The van der Waals surface area contributed by atoms with Crippen LogP contribution in [0.5, 0.6) is 0 Å². The van der Waals surface area contributed by atoms with Crippen LogP contribution in [0.1, 0.15) is 20.3 Å². The number of hydrogen-bond acceptors (Lipinski definition) is 2. The molecule has 1 N–H and O–H groups in total. The Labute approximate surface area is 85.2 Å². The van der Waals surface area contributed by atoms with Gasteiger partial charge in [-0.1, -0.05) is 18.5 Å². The number of aliphatic hydroxyl groups is 1. The largest absolute Gasteiger partial charge is 0.393 e. The Bertz CT molecular complexity index is 193. The van der Waals surface area contributed by atoms with Crippen molar-refractivity contribution in [2.75, 3.05) is 19.6 Å². The molecule has 1 saturated heterocycles. The second-order valence-electron chi connectivity index (χ2n) is 4.02. The number of piperidine rings is 1. The fourth-order valence-corrected chi connectivity index (χ4v) is 1.82. The van der Waals surface area contributed by atoms with Crippen molar-refractivity contribution < 1.29 is 5.11 Å². The molecule has 0 aliphatic carbocycles. The van der Waals surface area contributed by atoms with Crippen LogP contribution < -0.4 is 0 Å². The molecule has 0 radical (unpaired) electrons. The third-order valence-corrected chi connectivity index (χ3v) is 2.98. The molecule has 0 bridgehead atoms. The first-order valence-electron chi connectivity index (χ1n) is 4.79. The zero-order valence-electron chi connectivity index (χ0n) is 8.33. The highest BCUT2D eigenvalue weighted by Crippen LogP contribution is 2.17. The molecule has 3 heteroatoms. The molecule has 1 fully saturated rings. The normalized spacial score (nSPS) is 32.2. The van der Waals surface area contributed by atoms with Gasteiger partial charge in [-0.3, -0.25) is 4.90 Å². The molecule has 0 spiro atoms. The molecule has 1 aliphatic rings. The predicted octanol–water partition coefficient (Wildman–Crippen LogP) is 1.83. The monoisotopic (exact) mass is 203 g/mol. The molecule has 13 heavy (non-hydrogen) atoms. The Morgan fingerprint density at radius 1 is 1.69 bits per heavy atom. The third-order valence-electron chi connectivity index (χ3n) is 2.60. The zero-order valence-corrected chi connectivity index (χ0v) is 9.09. The Morgan fingerprint density at radius 2 is 2.38 bits per heavy atom. The lowest BCUT2D eigenvalue weighted by atomic mass is 9.96. The van der Waals surface area contributed by atoms with Crippen molar-refractivity contribution in [1.82, 2.24) is 4.90 Å². The van der Waals surface area contributed by atoms with Crippen LogP contribution in [0.15, 0.2) is 11.1 Å². The summed E-state index contributed by atoms with van der Waals surface area (Å²) in [7, 11) is 0.